The molecular weight excluding hydrogens is 212 g/mol. The summed E-state index contributed by atoms with van der Waals surface area (Å²) in [5, 5.41) is 6.42. The summed E-state index contributed by atoms with van der Waals surface area (Å²) in [6.45, 7) is 4.31. The van der Waals surface area contributed by atoms with Crippen LogP contribution in [0.1, 0.15) is 51.9 Å². The van der Waals surface area contributed by atoms with Gasteiger partial charge in [0, 0.05) is 12.5 Å². The van der Waals surface area contributed by atoms with Gasteiger partial charge in [-0.3, -0.25) is 4.79 Å². The van der Waals surface area contributed by atoms with Crippen LogP contribution in [-0.2, 0) is 4.79 Å². The first-order chi connectivity index (χ1) is 8.28. The number of carbonyl (C=O) groups excluding carboxylic acids is 1. The van der Waals surface area contributed by atoms with E-state index in [2.05, 4.69) is 17.6 Å². The van der Waals surface area contributed by atoms with E-state index in [9.17, 15) is 4.79 Å². The minimum Gasteiger partial charge on any atom is -0.353 e. The molecule has 98 valence electrons. The maximum Gasteiger partial charge on any atom is 0.220 e. The quantitative estimate of drug-likeness (QED) is 0.770. The molecule has 0 bridgehead atoms. The van der Waals surface area contributed by atoms with E-state index in [1.54, 1.807) is 0 Å². The number of hydrogen-bond donors (Lipinski definition) is 2. The molecule has 1 aliphatic heterocycles. The van der Waals surface area contributed by atoms with Crippen molar-refractivity contribution in [1.82, 2.24) is 10.6 Å². The van der Waals surface area contributed by atoms with E-state index >= 15 is 0 Å². The standard InChI is InChI=1S/C14H26N2O/c1-2-3-11-4-6-13(7-5-11)16-14(17)8-12-9-15-10-12/h11-13,15H,2-10H2,1H3,(H,16,17). The van der Waals surface area contributed by atoms with Crippen molar-refractivity contribution < 1.29 is 4.79 Å². The predicted octanol–water partition coefficient (Wildman–Crippen LogP) is 2.07. The van der Waals surface area contributed by atoms with Gasteiger partial charge in [0.25, 0.3) is 0 Å². The molecule has 1 aliphatic carbocycles. The molecule has 0 atom stereocenters. The molecule has 0 aromatic heterocycles. The zero-order valence-corrected chi connectivity index (χ0v) is 11.0. The Balaban J connectivity index is 1.61. The molecule has 1 amide bonds. The van der Waals surface area contributed by atoms with Crippen molar-refractivity contribution in [3.63, 3.8) is 0 Å². The minimum atomic E-state index is 0.274. The molecule has 2 aliphatic rings. The summed E-state index contributed by atoms with van der Waals surface area (Å²) < 4.78 is 0. The van der Waals surface area contributed by atoms with Crippen LogP contribution >= 0.6 is 0 Å². The monoisotopic (exact) mass is 238 g/mol. The van der Waals surface area contributed by atoms with Gasteiger partial charge in [0.2, 0.25) is 5.91 Å². The Labute approximate surface area is 105 Å². The molecule has 3 nitrogen and oxygen atoms in total. The molecule has 0 radical (unpaired) electrons. The van der Waals surface area contributed by atoms with Crippen molar-refractivity contribution in [3.05, 3.63) is 0 Å². The summed E-state index contributed by atoms with van der Waals surface area (Å²) in [6.07, 6.45) is 8.40. The van der Waals surface area contributed by atoms with Crippen molar-refractivity contribution >= 4 is 5.91 Å². The van der Waals surface area contributed by atoms with Gasteiger partial charge >= 0.3 is 0 Å². The Bertz CT molecular complexity index is 243. The summed E-state index contributed by atoms with van der Waals surface area (Å²) in [5.41, 5.74) is 0. The Morgan fingerprint density at radius 2 is 1.88 bits per heavy atom. The average Bonchev–Trinajstić information content (AvgIpc) is 2.27. The highest BCUT2D eigenvalue weighted by Gasteiger charge is 2.24. The van der Waals surface area contributed by atoms with Crippen molar-refractivity contribution in [2.24, 2.45) is 11.8 Å². The maximum atomic E-state index is 11.8. The summed E-state index contributed by atoms with van der Waals surface area (Å²) in [4.78, 5) is 11.8. The van der Waals surface area contributed by atoms with Crippen LogP contribution in [-0.4, -0.2) is 25.0 Å². The highest BCUT2D eigenvalue weighted by Crippen LogP contribution is 2.27. The Morgan fingerprint density at radius 3 is 2.41 bits per heavy atom. The second-order valence-corrected chi connectivity index (χ2v) is 5.80. The van der Waals surface area contributed by atoms with E-state index < -0.39 is 0 Å². The molecule has 2 rings (SSSR count). The van der Waals surface area contributed by atoms with E-state index in [1.807, 2.05) is 0 Å². The number of nitrogens with one attached hydrogen (secondary N) is 2. The second-order valence-electron chi connectivity index (χ2n) is 5.80. The lowest BCUT2D eigenvalue weighted by atomic mass is 9.83. The van der Waals surface area contributed by atoms with Crippen LogP contribution in [0.25, 0.3) is 0 Å². The predicted molar refractivity (Wildman–Crippen MR) is 69.8 cm³/mol. The third-order valence-corrected chi connectivity index (χ3v) is 4.25. The Hall–Kier alpha value is -0.570. The van der Waals surface area contributed by atoms with Gasteiger partial charge < -0.3 is 10.6 Å². The molecular formula is C14H26N2O. The fraction of sp³-hybridized carbons (Fsp3) is 0.929. The molecule has 0 spiro atoms. The summed E-state index contributed by atoms with van der Waals surface area (Å²) in [6, 6.07) is 0.462. The molecule has 0 aromatic carbocycles. The third-order valence-electron chi connectivity index (χ3n) is 4.25. The third kappa shape index (κ3) is 3.98. The first kappa shape index (κ1) is 12.9. The highest BCUT2D eigenvalue weighted by molar-refractivity contribution is 5.76. The van der Waals surface area contributed by atoms with Crippen LogP contribution in [0.5, 0.6) is 0 Å². The lowest BCUT2D eigenvalue weighted by Crippen LogP contribution is -2.46. The number of carbonyl (C=O) groups is 1. The molecule has 3 heteroatoms. The normalized spacial score (nSPS) is 29.7. The van der Waals surface area contributed by atoms with Crippen LogP contribution in [0.3, 0.4) is 0 Å². The molecule has 2 fully saturated rings. The SMILES string of the molecule is CCCC1CCC(NC(=O)CC2CNC2)CC1. The molecule has 1 heterocycles. The molecule has 1 saturated carbocycles. The smallest absolute Gasteiger partial charge is 0.220 e. The Morgan fingerprint density at radius 1 is 1.18 bits per heavy atom. The van der Waals surface area contributed by atoms with Crippen LogP contribution in [0.15, 0.2) is 0 Å². The molecule has 0 aromatic rings. The lowest BCUT2D eigenvalue weighted by Gasteiger charge is -2.31. The first-order valence-corrected chi connectivity index (χ1v) is 7.28. The van der Waals surface area contributed by atoms with Crippen molar-refractivity contribution in [1.29, 1.82) is 0 Å². The topological polar surface area (TPSA) is 41.1 Å². The fourth-order valence-electron chi connectivity index (χ4n) is 3.05. The van der Waals surface area contributed by atoms with Crippen molar-refractivity contribution in [2.45, 2.75) is 57.9 Å². The summed E-state index contributed by atoms with van der Waals surface area (Å²) >= 11 is 0. The van der Waals surface area contributed by atoms with Gasteiger partial charge in [0.1, 0.15) is 0 Å². The second kappa shape index (κ2) is 6.39. The number of rotatable bonds is 5. The van der Waals surface area contributed by atoms with E-state index in [4.69, 9.17) is 0 Å². The number of amides is 1. The minimum absolute atomic E-state index is 0.274. The summed E-state index contributed by atoms with van der Waals surface area (Å²) in [7, 11) is 0. The molecule has 1 saturated heterocycles. The van der Waals surface area contributed by atoms with E-state index in [1.165, 1.54) is 38.5 Å². The van der Waals surface area contributed by atoms with Crippen molar-refractivity contribution in [2.75, 3.05) is 13.1 Å². The van der Waals surface area contributed by atoms with E-state index in [0.717, 1.165) is 25.4 Å². The van der Waals surface area contributed by atoms with Crippen molar-refractivity contribution in [3.8, 4) is 0 Å². The van der Waals surface area contributed by atoms with Gasteiger partial charge in [-0.05, 0) is 50.6 Å². The zero-order chi connectivity index (χ0) is 12.1. The van der Waals surface area contributed by atoms with Gasteiger partial charge in [-0.2, -0.15) is 0 Å². The largest absolute Gasteiger partial charge is 0.353 e. The van der Waals surface area contributed by atoms with Crippen LogP contribution in [0.2, 0.25) is 0 Å². The highest BCUT2D eigenvalue weighted by atomic mass is 16.1. The maximum absolute atomic E-state index is 11.8. The van der Waals surface area contributed by atoms with Crippen LogP contribution in [0.4, 0.5) is 0 Å². The number of hydrogen-bond acceptors (Lipinski definition) is 2. The van der Waals surface area contributed by atoms with Crippen LogP contribution < -0.4 is 10.6 Å². The van der Waals surface area contributed by atoms with E-state index in [-0.39, 0.29) is 5.91 Å². The van der Waals surface area contributed by atoms with Gasteiger partial charge in [-0.25, -0.2) is 0 Å². The summed E-state index contributed by atoms with van der Waals surface area (Å²) in [5.74, 6) is 1.78. The van der Waals surface area contributed by atoms with E-state index in [0.29, 0.717) is 12.0 Å². The van der Waals surface area contributed by atoms with Gasteiger partial charge in [-0.15, -0.1) is 0 Å². The molecule has 17 heavy (non-hydrogen) atoms. The molecule has 2 N–H and O–H groups in total. The first-order valence-electron chi connectivity index (χ1n) is 7.28. The molecule has 0 unspecified atom stereocenters. The van der Waals surface area contributed by atoms with Gasteiger partial charge in [0.15, 0.2) is 0 Å². The lowest BCUT2D eigenvalue weighted by molar-refractivity contribution is -0.123. The van der Waals surface area contributed by atoms with Gasteiger partial charge in [-0.1, -0.05) is 19.8 Å². The zero-order valence-electron chi connectivity index (χ0n) is 11.0. The van der Waals surface area contributed by atoms with Gasteiger partial charge in [0.05, 0.1) is 0 Å². The van der Waals surface area contributed by atoms with Crippen LogP contribution in [0, 0.1) is 11.8 Å². The fourth-order valence-corrected chi connectivity index (χ4v) is 3.05. The average molecular weight is 238 g/mol. The Kier molecular flexibility index (Phi) is 4.84.